The van der Waals surface area contributed by atoms with Gasteiger partial charge in [0.05, 0.1) is 29.1 Å². The van der Waals surface area contributed by atoms with Crippen molar-refractivity contribution in [3.8, 4) is 0 Å². The Morgan fingerprint density at radius 1 is 1.35 bits per heavy atom. The number of ether oxygens (including phenoxy) is 1. The van der Waals surface area contributed by atoms with Gasteiger partial charge >= 0.3 is 5.97 Å². The predicted molar refractivity (Wildman–Crippen MR) is 95.5 cm³/mol. The van der Waals surface area contributed by atoms with E-state index in [1.807, 2.05) is 0 Å². The van der Waals surface area contributed by atoms with Crippen LogP contribution in [0.3, 0.4) is 0 Å². The van der Waals surface area contributed by atoms with Gasteiger partial charge < -0.3 is 15.0 Å². The summed E-state index contributed by atoms with van der Waals surface area (Å²) in [7, 11) is 1.23. The van der Waals surface area contributed by atoms with Crippen molar-refractivity contribution in [3.05, 3.63) is 71.9 Å². The average Bonchev–Trinajstić information content (AvgIpc) is 2.59. The lowest BCUT2D eigenvalue weighted by Crippen LogP contribution is -2.30. The number of anilines is 1. The van der Waals surface area contributed by atoms with Crippen molar-refractivity contribution in [2.45, 2.75) is 12.8 Å². The van der Waals surface area contributed by atoms with Gasteiger partial charge in [0, 0.05) is 17.8 Å². The van der Waals surface area contributed by atoms with Crippen LogP contribution in [0.25, 0.3) is 0 Å². The van der Waals surface area contributed by atoms with E-state index in [0.29, 0.717) is 17.1 Å². The molecule has 0 radical (unpaired) electrons. The van der Waals surface area contributed by atoms with Gasteiger partial charge in [-0.3, -0.25) is 19.9 Å². The molecule has 1 atom stereocenters. The number of hydrogen-bond donors (Lipinski definition) is 3. The number of non-ortho nitro benzene ring substituents is 1. The number of aromatic nitrogens is 2. The Balaban J connectivity index is 2.33. The van der Waals surface area contributed by atoms with Crippen LogP contribution in [0.2, 0.25) is 0 Å². The highest BCUT2D eigenvalue weighted by molar-refractivity contribution is 7.71. The van der Waals surface area contributed by atoms with E-state index in [0.717, 1.165) is 0 Å². The van der Waals surface area contributed by atoms with Crippen molar-refractivity contribution in [2.24, 2.45) is 0 Å². The Morgan fingerprint density at radius 3 is 2.73 bits per heavy atom. The van der Waals surface area contributed by atoms with Crippen LogP contribution >= 0.6 is 12.2 Å². The number of nitro groups is 1. The van der Waals surface area contributed by atoms with E-state index in [4.69, 9.17) is 17.0 Å². The molecule has 10 heteroatoms. The molecule has 2 aromatic rings. The number of aromatic amines is 2. The van der Waals surface area contributed by atoms with Crippen molar-refractivity contribution >= 4 is 29.7 Å². The second-order valence-corrected chi connectivity index (χ2v) is 6.05. The Labute approximate surface area is 151 Å². The molecule has 0 unspecified atom stereocenters. The molecule has 0 amide bonds. The normalized spacial score (nSPS) is 15.8. The molecule has 0 spiro atoms. The fourth-order valence-electron chi connectivity index (χ4n) is 3.02. The minimum Gasteiger partial charge on any atom is -0.466 e. The lowest BCUT2D eigenvalue weighted by Gasteiger charge is -2.28. The fourth-order valence-corrected chi connectivity index (χ4v) is 3.21. The first-order valence-electron chi connectivity index (χ1n) is 7.50. The summed E-state index contributed by atoms with van der Waals surface area (Å²) in [4.78, 5) is 40.8. The average molecular weight is 374 g/mol. The number of nitrogens with one attached hydrogen (secondary N) is 3. The van der Waals surface area contributed by atoms with Crippen molar-refractivity contribution in [1.82, 2.24) is 9.97 Å². The number of fused-ring (bicyclic) bond motifs is 1. The SMILES string of the molecule is COC(=O)C1=C(C)Nc2[nH]c(=S)[nH]c(=O)c2[C@@H]1c1cccc([N+](=O)[O-])c1. The van der Waals surface area contributed by atoms with Gasteiger partial charge in [-0.1, -0.05) is 12.1 Å². The third-order valence-corrected chi connectivity index (χ3v) is 4.30. The molecule has 1 aromatic heterocycles. The van der Waals surface area contributed by atoms with Crippen LogP contribution in [0.4, 0.5) is 11.5 Å². The number of rotatable bonds is 3. The zero-order valence-electron chi connectivity index (χ0n) is 13.8. The van der Waals surface area contributed by atoms with Crippen molar-refractivity contribution < 1.29 is 14.5 Å². The van der Waals surface area contributed by atoms with Gasteiger partial charge in [0.2, 0.25) is 0 Å². The van der Waals surface area contributed by atoms with Crippen LogP contribution < -0.4 is 10.9 Å². The van der Waals surface area contributed by atoms with E-state index >= 15 is 0 Å². The minimum absolute atomic E-state index is 0.119. The molecular formula is C16H14N4O5S. The summed E-state index contributed by atoms with van der Waals surface area (Å²) >= 11 is 4.99. The molecule has 9 nitrogen and oxygen atoms in total. The number of H-pyrrole nitrogens is 2. The summed E-state index contributed by atoms with van der Waals surface area (Å²) in [5, 5.41) is 14.1. The smallest absolute Gasteiger partial charge is 0.336 e. The lowest BCUT2D eigenvalue weighted by molar-refractivity contribution is -0.384. The first kappa shape index (κ1) is 17.5. The quantitative estimate of drug-likeness (QED) is 0.325. The molecule has 0 saturated heterocycles. The van der Waals surface area contributed by atoms with Gasteiger partial charge in [0.15, 0.2) is 4.77 Å². The summed E-state index contributed by atoms with van der Waals surface area (Å²) < 4.78 is 4.97. The summed E-state index contributed by atoms with van der Waals surface area (Å²) in [5.41, 5.74) is 0.614. The number of benzene rings is 1. The van der Waals surface area contributed by atoms with Crippen molar-refractivity contribution in [3.63, 3.8) is 0 Å². The van der Waals surface area contributed by atoms with E-state index in [1.54, 1.807) is 13.0 Å². The Bertz CT molecular complexity index is 1070. The highest BCUT2D eigenvalue weighted by Gasteiger charge is 2.36. The number of nitrogens with zero attached hydrogens (tertiary/aromatic N) is 1. The number of methoxy groups -OCH3 is 1. The van der Waals surface area contributed by atoms with E-state index in [-0.39, 0.29) is 21.6 Å². The molecule has 0 bridgehead atoms. The van der Waals surface area contributed by atoms with Crippen molar-refractivity contribution in [1.29, 1.82) is 0 Å². The first-order valence-corrected chi connectivity index (χ1v) is 7.91. The zero-order chi connectivity index (χ0) is 19.0. The number of carbonyl (C=O) groups excluding carboxylic acids is 1. The topological polar surface area (TPSA) is 130 Å². The number of nitro benzene ring substituents is 1. The van der Waals surface area contributed by atoms with Gasteiger partial charge in [0.1, 0.15) is 5.82 Å². The highest BCUT2D eigenvalue weighted by atomic mass is 32.1. The second-order valence-electron chi connectivity index (χ2n) is 5.64. The first-order chi connectivity index (χ1) is 12.3. The predicted octanol–water partition coefficient (Wildman–Crippen LogP) is 2.35. The minimum atomic E-state index is -0.853. The monoisotopic (exact) mass is 374 g/mol. The Hall–Kier alpha value is -3.27. The molecule has 3 N–H and O–H groups in total. The molecule has 0 aliphatic carbocycles. The maximum Gasteiger partial charge on any atom is 0.336 e. The third-order valence-electron chi connectivity index (χ3n) is 4.09. The van der Waals surface area contributed by atoms with E-state index in [9.17, 15) is 19.7 Å². The van der Waals surface area contributed by atoms with Crippen LogP contribution in [-0.2, 0) is 9.53 Å². The largest absolute Gasteiger partial charge is 0.466 e. The summed E-state index contributed by atoms with van der Waals surface area (Å²) in [5.74, 6) is -1.16. The van der Waals surface area contributed by atoms with Gasteiger partial charge in [-0.05, 0) is 24.7 Å². The molecule has 3 rings (SSSR count). The number of carbonyl (C=O) groups is 1. The third kappa shape index (κ3) is 2.90. The van der Waals surface area contributed by atoms with Gasteiger partial charge in [-0.15, -0.1) is 0 Å². The standard InChI is InChI=1S/C16H14N4O5S/c1-7-10(15(22)25-2)11(8-4-3-5-9(6-8)20(23)24)12-13(17-7)18-16(26)19-14(12)21/h3-6,11H,1-2H3,(H3,17,18,19,21,26)/t11-/m1/s1. The molecule has 0 fully saturated rings. The number of hydrogen-bond acceptors (Lipinski definition) is 7. The molecular weight excluding hydrogens is 360 g/mol. The number of allylic oxidation sites excluding steroid dienone is 1. The van der Waals surface area contributed by atoms with E-state index in [2.05, 4.69) is 15.3 Å². The zero-order valence-corrected chi connectivity index (χ0v) is 14.6. The summed E-state index contributed by atoms with van der Waals surface area (Å²) in [6.45, 7) is 1.65. The van der Waals surface area contributed by atoms with Crippen LogP contribution in [0.1, 0.15) is 24.0 Å². The molecule has 0 saturated carbocycles. The Kier molecular flexibility index (Phi) is 4.43. The molecule has 26 heavy (non-hydrogen) atoms. The second kappa shape index (κ2) is 6.56. The van der Waals surface area contributed by atoms with Crippen LogP contribution in [0, 0.1) is 14.9 Å². The van der Waals surface area contributed by atoms with Crippen molar-refractivity contribution in [2.75, 3.05) is 12.4 Å². The van der Waals surface area contributed by atoms with E-state index < -0.39 is 22.4 Å². The van der Waals surface area contributed by atoms with E-state index in [1.165, 1.54) is 25.3 Å². The summed E-state index contributed by atoms with van der Waals surface area (Å²) in [6, 6.07) is 5.78. The highest BCUT2D eigenvalue weighted by Crippen LogP contribution is 2.40. The maximum absolute atomic E-state index is 12.6. The van der Waals surface area contributed by atoms with Gasteiger partial charge in [-0.2, -0.15) is 0 Å². The fraction of sp³-hybridized carbons (Fsp3) is 0.188. The van der Waals surface area contributed by atoms with Gasteiger partial charge in [-0.25, -0.2) is 4.79 Å². The van der Waals surface area contributed by atoms with Crippen LogP contribution in [0.15, 0.2) is 40.3 Å². The van der Waals surface area contributed by atoms with Gasteiger partial charge in [0.25, 0.3) is 11.2 Å². The molecule has 1 aromatic carbocycles. The lowest BCUT2D eigenvalue weighted by atomic mass is 9.82. The molecule has 134 valence electrons. The molecule has 1 aliphatic rings. The summed E-state index contributed by atoms with van der Waals surface area (Å²) in [6.07, 6.45) is 0. The van der Waals surface area contributed by atoms with Crippen LogP contribution in [-0.4, -0.2) is 28.0 Å². The Morgan fingerprint density at radius 2 is 2.08 bits per heavy atom. The maximum atomic E-state index is 12.6. The number of esters is 1. The molecule has 2 heterocycles. The van der Waals surface area contributed by atoms with Crippen LogP contribution in [0.5, 0.6) is 0 Å². The molecule has 1 aliphatic heterocycles.